The maximum absolute atomic E-state index is 13.1. The predicted molar refractivity (Wildman–Crippen MR) is 147 cm³/mol. The summed E-state index contributed by atoms with van der Waals surface area (Å²) in [4.78, 5) is 12.5. The molecule has 186 valence electrons. The van der Waals surface area contributed by atoms with E-state index in [4.69, 9.17) is 4.74 Å². The van der Waals surface area contributed by atoms with Gasteiger partial charge in [0.2, 0.25) is 0 Å². The number of carbonyl (C=O) groups excluding carboxylic acids is 1. The maximum Gasteiger partial charge on any atom is 0.413 e. The van der Waals surface area contributed by atoms with Gasteiger partial charge in [0, 0.05) is 27.9 Å². The quantitative estimate of drug-likeness (QED) is 0.259. The zero-order chi connectivity index (χ0) is 25.9. The largest absolute Gasteiger partial charge is 0.413 e. The molecule has 1 amide bonds. The third-order valence-electron chi connectivity index (χ3n) is 5.58. The Bertz CT molecular complexity index is 1500. The molecule has 4 aromatic rings. The second-order valence-corrected chi connectivity index (χ2v) is 12.0. The molecule has 0 unspecified atom stereocenters. The van der Waals surface area contributed by atoms with Crippen LogP contribution in [-0.4, -0.2) is 21.1 Å². The molecule has 1 aromatic heterocycles. The van der Waals surface area contributed by atoms with Crippen LogP contribution in [-0.2, 0) is 15.4 Å². The summed E-state index contributed by atoms with van der Waals surface area (Å²) in [6.07, 6.45) is 0.984. The number of nitrogens with one attached hydrogen (secondary N) is 2. The Hall–Kier alpha value is -3.62. The molecule has 0 radical (unpaired) electrons. The minimum Gasteiger partial charge on any atom is -0.398 e. The summed E-state index contributed by atoms with van der Waals surface area (Å²) < 4.78 is 35.4. The Kier molecular flexibility index (Phi) is 7.19. The Morgan fingerprint density at radius 3 is 2.36 bits per heavy atom. The lowest BCUT2D eigenvalue weighted by Crippen LogP contribution is -2.26. The number of carbonyl (C=O) groups is 1. The first-order chi connectivity index (χ1) is 17.1. The number of amides is 1. The van der Waals surface area contributed by atoms with Crippen molar-refractivity contribution in [2.75, 3.05) is 11.3 Å². The Labute approximate surface area is 215 Å². The summed E-state index contributed by atoms with van der Waals surface area (Å²) in [5.41, 5.74) is 2.97. The normalized spacial score (nSPS) is 11.8. The smallest absolute Gasteiger partial charge is 0.398 e. The molecule has 0 saturated heterocycles. The minimum atomic E-state index is -3.80. The topological polar surface area (TPSA) is 84.5 Å². The number of rotatable bonds is 7. The number of hydrogen-bond donors (Lipinski definition) is 2. The zero-order valence-corrected chi connectivity index (χ0v) is 22.0. The van der Waals surface area contributed by atoms with Crippen LogP contribution in [0.5, 0.6) is 5.06 Å². The van der Waals surface area contributed by atoms with E-state index in [9.17, 15) is 13.2 Å². The van der Waals surface area contributed by atoms with Crippen molar-refractivity contribution in [1.82, 2.24) is 5.32 Å². The van der Waals surface area contributed by atoms with Crippen molar-refractivity contribution in [2.24, 2.45) is 0 Å². The summed E-state index contributed by atoms with van der Waals surface area (Å²) in [5.74, 6) is 0. The molecule has 3 aromatic carbocycles. The monoisotopic (exact) mass is 520 g/mol. The van der Waals surface area contributed by atoms with Crippen molar-refractivity contribution in [3.05, 3.63) is 91.0 Å². The Balaban J connectivity index is 1.71. The average Bonchev–Trinajstić information content (AvgIpc) is 3.19. The molecule has 0 fully saturated rings. The number of hydrogen-bond acceptors (Lipinski definition) is 5. The number of benzene rings is 3. The van der Waals surface area contributed by atoms with Crippen molar-refractivity contribution >= 4 is 43.2 Å². The van der Waals surface area contributed by atoms with Crippen LogP contribution in [0.2, 0.25) is 0 Å². The van der Waals surface area contributed by atoms with Gasteiger partial charge in [-0.05, 0) is 46.9 Å². The van der Waals surface area contributed by atoms with E-state index >= 15 is 0 Å². The van der Waals surface area contributed by atoms with E-state index in [2.05, 4.69) is 37.4 Å². The van der Waals surface area contributed by atoms with Crippen LogP contribution in [0.15, 0.2) is 90.3 Å². The van der Waals surface area contributed by atoms with E-state index in [1.54, 1.807) is 30.3 Å². The van der Waals surface area contributed by atoms with E-state index in [1.807, 2.05) is 48.5 Å². The van der Waals surface area contributed by atoms with Gasteiger partial charge in [-0.3, -0.25) is 4.72 Å². The van der Waals surface area contributed by atoms with E-state index in [1.165, 1.54) is 11.3 Å². The Morgan fingerprint density at radius 2 is 1.72 bits per heavy atom. The highest BCUT2D eigenvalue weighted by Gasteiger charge is 2.21. The van der Waals surface area contributed by atoms with Crippen LogP contribution in [0.1, 0.15) is 26.3 Å². The zero-order valence-electron chi connectivity index (χ0n) is 20.4. The fourth-order valence-electron chi connectivity index (χ4n) is 3.71. The van der Waals surface area contributed by atoms with Gasteiger partial charge in [-0.15, -0.1) is 6.58 Å². The molecule has 0 aliphatic carbocycles. The van der Waals surface area contributed by atoms with Gasteiger partial charge in [0.1, 0.15) is 0 Å². The first kappa shape index (κ1) is 25.5. The lowest BCUT2D eigenvalue weighted by molar-refractivity contribution is 0.203. The summed E-state index contributed by atoms with van der Waals surface area (Å²) >= 11 is 1.32. The number of anilines is 1. The lowest BCUT2D eigenvalue weighted by Gasteiger charge is -2.19. The Morgan fingerprint density at radius 1 is 1.03 bits per heavy atom. The molecular formula is C28H28N2O4S2. The van der Waals surface area contributed by atoms with Gasteiger partial charge in [-0.25, -0.2) is 13.2 Å². The summed E-state index contributed by atoms with van der Waals surface area (Å²) in [6.45, 7) is 10.1. The maximum atomic E-state index is 13.1. The molecule has 0 atom stereocenters. The highest BCUT2D eigenvalue weighted by atomic mass is 32.2. The molecule has 4 rings (SSSR count). The summed E-state index contributed by atoms with van der Waals surface area (Å²) in [7, 11) is -3.80. The van der Waals surface area contributed by atoms with Crippen LogP contribution in [0.3, 0.4) is 0 Å². The van der Waals surface area contributed by atoms with Crippen LogP contribution < -0.4 is 14.8 Å². The van der Waals surface area contributed by atoms with Gasteiger partial charge >= 0.3 is 6.09 Å². The number of ether oxygens (including phenoxy) is 1. The van der Waals surface area contributed by atoms with Crippen LogP contribution in [0.25, 0.3) is 21.2 Å². The van der Waals surface area contributed by atoms with Crippen LogP contribution >= 0.6 is 11.3 Å². The van der Waals surface area contributed by atoms with Crippen molar-refractivity contribution in [2.45, 2.75) is 31.1 Å². The second-order valence-electron chi connectivity index (χ2n) is 9.28. The van der Waals surface area contributed by atoms with E-state index in [0.29, 0.717) is 10.8 Å². The molecule has 8 heteroatoms. The van der Waals surface area contributed by atoms with Crippen molar-refractivity contribution in [1.29, 1.82) is 0 Å². The average molecular weight is 521 g/mol. The van der Waals surface area contributed by atoms with Gasteiger partial charge in [0.25, 0.3) is 10.0 Å². The van der Waals surface area contributed by atoms with Gasteiger partial charge in [0.15, 0.2) is 5.06 Å². The van der Waals surface area contributed by atoms with Crippen LogP contribution in [0, 0.1) is 0 Å². The first-order valence-corrected chi connectivity index (χ1v) is 13.7. The molecule has 0 spiro atoms. The molecule has 6 nitrogen and oxygen atoms in total. The van der Waals surface area contributed by atoms with E-state index in [0.717, 1.165) is 26.8 Å². The van der Waals surface area contributed by atoms with Crippen LogP contribution in [0.4, 0.5) is 10.5 Å². The number of fused-ring (bicyclic) bond motifs is 1. The molecule has 0 saturated carbocycles. The molecule has 36 heavy (non-hydrogen) atoms. The fourth-order valence-corrected chi connectivity index (χ4v) is 5.82. The first-order valence-electron chi connectivity index (χ1n) is 11.4. The highest BCUT2D eigenvalue weighted by Crippen LogP contribution is 2.45. The second kappa shape index (κ2) is 10.2. The van der Waals surface area contributed by atoms with Gasteiger partial charge in [-0.1, -0.05) is 80.6 Å². The van der Waals surface area contributed by atoms with Crippen molar-refractivity contribution < 1.29 is 17.9 Å². The predicted octanol–water partition coefficient (Wildman–Crippen LogP) is 6.94. The van der Waals surface area contributed by atoms with Gasteiger partial charge in [0.05, 0.1) is 4.90 Å². The van der Waals surface area contributed by atoms with Crippen molar-refractivity contribution in [3.8, 4) is 16.2 Å². The minimum absolute atomic E-state index is 0.0735. The molecule has 0 bridgehead atoms. The highest BCUT2D eigenvalue weighted by molar-refractivity contribution is 7.92. The molecule has 0 aliphatic heterocycles. The summed E-state index contributed by atoms with van der Waals surface area (Å²) in [6, 6.07) is 21.7. The molecular weight excluding hydrogens is 492 g/mol. The molecule has 1 heterocycles. The molecule has 2 N–H and O–H groups in total. The van der Waals surface area contributed by atoms with E-state index < -0.39 is 16.1 Å². The van der Waals surface area contributed by atoms with Gasteiger partial charge in [-0.2, -0.15) is 0 Å². The van der Waals surface area contributed by atoms with Crippen molar-refractivity contribution in [3.63, 3.8) is 0 Å². The fraction of sp³-hybridized carbons (Fsp3) is 0.179. The standard InChI is InChI=1S/C28H28N2O4S2/c1-5-17-29-27(31)34-26-25(19-9-7-6-8-10-19)23-18-21(13-16-24(23)35-26)30-36(32,33)22-14-11-20(12-15-22)28(2,3)4/h5-16,18,30H,1,17H2,2-4H3,(H,29,31). The third kappa shape index (κ3) is 5.61. The van der Waals surface area contributed by atoms with E-state index in [-0.39, 0.29) is 16.9 Å². The third-order valence-corrected chi connectivity index (χ3v) is 8.02. The SMILES string of the molecule is C=CCNC(=O)Oc1sc2ccc(NS(=O)(=O)c3ccc(C(C)(C)C)cc3)cc2c1-c1ccccc1. The number of sulfonamides is 1. The van der Waals surface area contributed by atoms with Gasteiger partial charge < -0.3 is 10.1 Å². The lowest BCUT2D eigenvalue weighted by atomic mass is 9.87. The summed E-state index contributed by atoms with van der Waals surface area (Å²) in [5, 5.41) is 3.82. The number of thiophene rings is 1. The molecule has 0 aliphatic rings.